The van der Waals surface area contributed by atoms with Crippen LogP contribution in [-0.4, -0.2) is 5.11 Å². The van der Waals surface area contributed by atoms with E-state index in [-0.39, 0.29) is 6.61 Å². The fourth-order valence-corrected chi connectivity index (χ4v) is 1.69. The molecule has 0 atom stereocenters. The lowest BCUT2D eigenvalue weighted by Crippen LogP contribution is -2.08. The summed E-state index contributed by atoms with van der Waals surface area (Å²) in [6.45, 7) is 0.167. The minimum Gasteiger partial charge on any atom is -0.392 e. The van der Waals surface area contributed by atoms with Crippen LogP contribution in [0.1, 0.15) is 36.3 Å². The normalized spacial score (nSPS) is 17.4. The molecule has 1 nitrogen and oxygen atoms in total. The maximum atomic E-state index is 8.93. The Hall–Kier alpha value is -0.820. The second-order valence-corrected chi connectivity index (χ2v) is 3.53. The molecule has 1 fully saturated rings. The smallest absolute Gasteiger partial charge is 0.0681 e. The molecule has 0 saturated heterocycles. The van der Waals surface area contributed by atoms with E-state index in [0.717, 1.165) is 11.5 Å². The molecule has 1 aromatic carbocycles. The average Bonchev–Trinajstić information content (AvgIpc) is 2.02. The summed E-state index contributed by atoms with van der Waals surface area (Å²) in [5.74, 6) is 0.775. The first-order valence-electron chi connectivity index (χ1n) is 4.60. The first-order chi connectivity index (χ1) is 5.90. The van der Waals surface area contributed by atoms with Crippen molar-refractivity contribution in [3.63, 3.8) is 0 Å². The zero-order valence-electron chi connectivity index (χ0n) is 7.16. The molecular formula is C11H14O. The van der Waals surface area contributed by atoms with E-state index in [1.165, 1.54) is 24.8 Å². The third kappa shape index (κ3) is 1.37. The van der Waals surface area contributed by atoms with Crippen molar-refractivity contribution < 1.29 is 5.11 Å². The summed E-state index contributed by atoms with van der Waals surface area (Å²) in [7, 11) is 0. The van der Waals surface area contributed by atoms with Gasteiger partial charge >= 0.3 is 0 Å². The van der Waals surface area contributed by atoms with Gasteiger partial charge in [0.1, 0.15) is 0 Å². The highest BCUT2D eigenvalue weighted by Gasteiger charge is 2.18. The van der Waals surface area contributed by atoms with Gasteiger partial charge in [0, 0.05) is 0 Å². The molecule has 0 aliphatic heterocycles. The van der Waals surface area contributed by atoms with Crippen LogP contribution in [0.4, 0.5) is 0 Å². The molecule has 64 valence electrons. The molecule has 0 bridgehead atoms. The molecular weight excluding hydrogens is 148 g/mol. The van der Waals surface area contributed by atoms with E-state index < -0.39 is 0 Å². The molecule has 1 aromatic rings. The van der Waals surface area contributed by atoms with Crippen LogP contribution in [0, 0.1) is 0 Å². The second-order valence-electron chi connectivity index (χ2n) is 3.53. The van der Waals surface area contributed by atoms with Crippen molar-refractivity contribution in [1.82, 2.24) is 0 Å². The molecule has 0 amide bonds. The molecule has 0 radical (unpaired) electrons. The highest BCUT2D eigenvalue weighted by atomic mass is 16.3. The van der Waals surface area contributed by atoms with Crippen LogP contribution in [0.15, 0.2) is 24.3 Å². The monoisotopic (exact) mass is 162 g/mol. The van der Waals surface area contributed by atoms with E-state index >= 15 is 0 Å². The van der Waals surface area contributed by atoms with E-state index in [0.29, 0.717) is 0 Å². The van der Waals surface area contributed by atoms with Crippen LogP contribution in [0.25, 0.3) is 0 Å². The quantitative estimate of drug-likeness (QED) is 0.708. The van der Waals surface area contributed by atoms with E-state index in [1.54, 1.807) is 0 Å². The summed E-state index contributed by atoms with van der Waals surface area (Å²) in [6, 6.07) is 8.31. The number of hydrogen-bond acceptors (Lipinski definition) is 1. The molecule has 1 aliphatic carbocycles. The van der Waals surface area contributed by atoms with Crippen LogP contribution in [0.3, 0.4) is 0 Å². The number of hydrogen-bond donors (Lipinski definition) is 1. The third-order valence-corrected chi connectivity index (χ3v) is 2.71. The van der Waals surface area contributed by atoms with Gasteiger partial charge in [-0.25, -0.2) is 0 Å². The van der Waals surface area contributed by atoms with Crippen LogP contribution >= 0.6 is 0 Å². The molecule has 12 heavy (non-hydrogen) atoms. The number of aliphatic hydroxyl groups is 1. The lowest BCUT2D eigenvalue weighted by molar-refractivity contribution is 0.281. The van der Waals surface area contributed by atoms with Gasteiger partial charge in [-0.1, -0.05) is 30.7 Å². The lowest BCUT2D eigenvalue weighted by atomic mass is 9.80. The van der Waals surface area contributed by atoms with Gasteiger partial charge in [-0.05, 0) is 29.9 Å². The maximum Gasteiger partial charge on any atom is 0.0681 e. The van der Waals surface area contributed by atoms with Gasteiger partial charge in [-0.3, -0.25) is 0 Å². The Bertz CT molecular complexity index is 263. The topological polar surface area (TPSA) is 20.2 Å². The van der Waals surface area contributed by atoms with Gasteiger partial charge in [0.2, 0.25) is 0 Å². The van der Waals surface area contributed by atoms with Crippen molar-refractivity contribution in [3.8, 4) is 0 Å². The predicted octanol–water partition coefficient (Wildman–Crippen LogP) is 2.45. The Kier molecular flexibility index (Phi) is 2.13. The standard InChI is InChI=1S/C11H14O/c12-8-9-3-1-6-11(7-9)10-4-2-5-10/h1,3,6-7,10,12H,2,4-5,8H2. The minimum atomic E-state index is 0.167. The van der Waals surface area contributed by atoms with Crippen molar-refractivity contribution >= 4 is 0 Å². The van der Waals surface area contributed by atoms with Gasteiger partial charge < -0.3 is 5.11 Å². The number of rotatable bonds is 2. The molecule has 1 N–H and O–H groups in total. The Morgan fingerprint density at radius 3 is 2.75 bits per heavy atom. The Morgan fingerprint density at radius 2 is 2.17 bits per heavy atom. The summed E-state index contributed by atoms with van der Waals surface area (Å²) in [5, 5.41) is 8.93. The Morgan fingerprint density at radius 1 is 1.33 bits per heavy atom. The molecule has 1 saturated carbocycles. The minimum absolute atomic E-state index is 0.167. The summed E-state index contributed by atoms with van der Waals surface area (Å²) in [6.07, 6.45) is 4.03. The lowest BCUT2D eigenvalue weighted by Gasteiger charge is -2.25. The van der Waals surface area contributed by atoms with Gasteiger partial charge in [0.25, 0.3) is 0 Å². The van der Waals surface area contributed by atoms with Crippen molar-refractivity contribution in [2.75, 3.05) is 0 Å². The van der Waals surface area contributed by atoms with Crippen LogP contribution in [0.5, 0.6) is 0 Å². The third-order valence-electron chi connectivity index (χ3n) is 2.71. The fraction of sp³-hybridized carbons (Fsp3) is 0.455. The Balaban J connectivity index is 2.19. The van der Waals surface area contributed by atoms with Crippen molar-refractivity contribution in [1.29, 1.82) is 0 Å². The summed E-state index contributed by atoms with van der Waals surface area (Å²) < 4.78 is 0. The summed E-state index contributed by atoms with van der Waals surface area (Å²) >= 11 is 0. The van der Waals surface area contributed by atoms with Gasteiger partial charge in [0.15, 0.2) is 0 Å². The molecule has 1 heteroatoms. The van der Waals surface area contributed by atoms with Crippen LogP contribution in [-0.2, 0) is 6.61 Å². The van der Waals surface area contributed by atoms with E-state index in [2.05, 4.69) is 12.1 Å². The first kappa shape index (κ1) is 7.81. The van der Waals surface area contributed by atoms with Gasteiger partial charge in [-0.15, -0.1) is 0 Å². The SMILES string of the molecule is OCc1cccc(C2CCC2)c1. The predicted molar refractivity (Wildman–Crippen MR) is 49.0 cm³/mol. The molecule has 2 rings (SSSR count). The molecule has 0 heterocycles. The van der Waals surface area contributed by atoms with E-state index in [1.807, 2.05) is 12.1 Å². The average molecular weight is 162 g/mol. The fourth-order valence-electron chi connectivity index (χ4n) is 1.69. The summed E-state index contributed by atoms with van der Waals surface area (Å²) in [4.78, 5) is 0. The first-order valence-corrected chi connectivity index (χ1v) is 4.60. The van der Waals surface area contributed by atoms with E-state index in [4.69, 9.17) is 5.11 Å². The zero-order valence-corrected chi connectivity index (χ0v) is 7.16. The highest BCUT2D eigenvalue weighted by molar-refractivity contribution is 5.27. The molecule has 0 spiro atoms. The zero-order chi connectivity index (χ0) is 8.39. The molecule has 1 aliphatic rings. The van der Waals surface area contributed by atoms with Gasteiger partial charge in [0.05, 0.1) is 6.61 Å². The highest BCUT2D eigenvalue weighted by Crippen LogP contribution is 2.36. The van der Waals surface area contributed by atoms with Crippen LogP contribution < -0.4 is 0 Å². The van der Waals surface area contributed by atoms with Crippen LogP contribution in [0.2, 0.25) is 0 Å². The second kappa shape index (κ2) is 3.28. The number of benzene rings is 1. The number of aliphatic hydroxyl groups excluding tert-OH is 1. The summed E-state index contributed by atoms with van der Waals surface area (Å²) in [5.41, 5.74) is 2.45. The largest absolute Gasteiger partial charge is 0.392 e. The maximum absolute atomic E-state index is 8.93. The van der Waals surface area contributed by atoms with Crippen molar-refractivity contribution in [2.45, 2.75) is 31.8 Å². The molecule has 0 aromatic heterocycles. The van der Waals surface area contributed by atoms with E-state index in [9.17, 15) is 0 Å². The van der Waals surface area contributed by atoms with Gasteiger partial charge in [-0.2, -0.15) is 0 Å². The Labute approximate surface area is 73.0 Å². The van der Waals surface area contributed by atoms with Crippen molar-refractivity contribution in [3.05, 3.63) is 35.4 Å². The molecule has 0 unspecified atom stereocenters. The van der Waals surface area contributed by atoms with Crippen molar-refractivity contribution in [2.24, 2.45) is 0 Å².